The molecule has 0 bridgehead atoms. The van der Waals surface area contributed by atoms with Gasteiger partial charge in [0.2, 0.25) is 0 Å². The zero-order valence-corrected chi connectivity index (χ0v) is 11.5. The molecule has 96 valence electrons. The Hall–Kier alpha value is 0.0169. The van der Waals surface area contributed by atoms with E-state index in [0.717, 1.165) is 12.5 Å². The molecule has 5 nitrogen and oxygen atoms in total. The third kappa shape index (κ3) is 4.12. The molecule has 16 heavy (non-hydrogen) atoms. The van der Waals surface area contributed by atoms with Crippen LogP contribution in [0.5, 0.6) is 0 Å². The van der Waals surface area contributed by atoms with Crippen LogP contribution in [0.2, 0.25) is 6.04 Å². The van der Waals surface area contributed by atoms with Gasteiger partial charge in [-0.2, -0.15) is 0 Å². The van der Waals surface area contributed by atoms with Crippen molar-refractivity contribution in [3.05, 3.63) is 0 Å². The Morgan fingerprint density at radius 3 is 2.12 bits per heavy atom. The predicted molar refractivity (Wildman–Crippen MR) is 61.4 cm³/mol. The van der Waals surface area contributed by atoms with Gasteiger partial charge in [0.15, 0.2) is 0 Å². The van der Waals surface area contributed by atoms with E-state index in [1.807, 2.05) is 6.92 Å². The third-order valence-electron chi connectivity index (χ3n) is 2.82. The Balaban J connectivity index is 2.04. The van der Waals surface area contributed by atoms with E-state index in [-0.39, 0.29) is 0 Å². The lowest BCUT2D eigenvalue weighted by Gasteiger charge is -2.24. The van der Waals surface area contributed by atoms with Gasteiger partial charge in [-0.3, -0.25) is 0 Å². The minimum absolute atomic E-state index is 0.300. The lowest BCUT2D eigenvalue weighted by Crippen LogP contribution is -2.42. The summed E-state index contributed by atoms with van der Waals surface area (Å²) in [5, 5.41) is 0. The molecular weight excluding hydrogens is 228 g/mol. The van der Waals surface area contributed by atoms with Crippen molar-refractivity contribution in [3.63, 3.8) is 0 Å². The van der Waals surface area contributed by atoms with Crippen LogP contribution in [0.15, 0.2) is 0 Å². The smallest absolute Gasteiger partial charge is 0.379 e. The zero-order chi connectivity index (χ0) is 12.0. The summed E-state index contributed by atoms with van der Waals surface area (Å²) in [7, 11) is 2.47. The van der Waals surface area contributed by atoms with Crippen LogP contribution < -0.4 is 0 Å². The maximum Gasteiger partial charge on any atom is 0.500 e. The Labute approximate surface area is 98.3 Å². The number of ether oxygens (including phenoxy) is 2. The second-order valence-corrected chi connectivity index (χ2v) is 6.94. The fourth-order valence-corrected chi connectivity index (χ4v) is 3.24. The molecule has 6 heteroatoms. The van der Waals surface area contributed by atoms with Gasteiger partial charge in [0.25, 0.3) is 0 Å². The molecular formula is C10H22O5Si. The van der Waals surface area contributed by atoms with Gasteiger partial charge in [-0.05, 0) is 13.3 Å². The van der Waals surface area contributed by atoms with Crippen molar-refractivity contribution in [2.45, 2.75) is 31.6 Å². The Morgan fingerprint density at radius 2 is 1.69 bits per heavy atom. The van der Waals surface area contributed by atoms with Crippen LogP contribution in [0.4, 0.5) is 0 Å². The van der Waals surface area contributed by atoms with E-state index in [0.29, 0.717) is 25.4 Å². The zero-order valence-electron chi connectivity index (χ0n) is 10.5. The Morgan fingerprint density at radius 1 is 1.12 bits per heavy atom. The maximum absolute atomic E-state index is 5.49. The van der Waals surface area contributed by atoms with Gasteiger partial charge in [0, 0.05) is 34.0 Å². The summed E-state index contributed by atoms with van der Waals surface area (Å²) >= 11 is 0. The van der Waals surface area contributed by atoms with E-state index in [1.165, 1.54) is 0 Å². The first-order chi connectivity index (χ1) is 7.67. The Kier molecular flexibility index (Phi) is 5.88. The topological polar surface area (TPSA) is 49.5 Å². The lowest BCUT2D eigenvalue weighted by atomic mass is 10.4. The van der Waals surface area contributed by atoms with E-state index in [4.69, 9.17) is 22.8 Å². The van der Waals surface area contributed by atoms with Gasteiger partial charge >= 0.3 is 8.80 Å². The van der Waals surface area contributed by atoms with Crippen molar-refractivity contribution in [1.29, 1.82) is 0 Å². The highest BCUT2D eigenvalue weighted by molar-refractivity contribution is 6.60. The quantitative estimate of drug-likeness (QED) is 0.348. The van der Waals surface area contributed by atoms with Crippen molar-refractivity contribution in [3.8, 4) is 0 Å². The molecule has 0 aromatic heterocycles. The first kappa shape index (κ1) is 14.1. The summed E-state index contributed by atoms with van der Waals surface area (Å²) in [6.45, 7) is 3.42. The number of hydrogen-bond acceptors (Lipinski definition) is 5. The first-order valence-corrected chi connectivity index (χ1v) is 7.49. The molecule has 0 aromatic carbocycles. The predicted octanol–water partition coefficient (Wildman–Crippen LogP) is 1.06. The molecule has 1 saturated heterocycles. The van der Waals surface area contributed by atoms with E-state index in [2.05, 4.69) is 0 Å². The van der Waals surface area contributed by atoms with Crippen LogP contribution in [-0.2, 0) is 22.8 Å². The fraction of sp³-hybridized carbons (Fsp3) is 1.00. The van der Waals surface area contributed by atoms with Gasteiger partial charge in [0.1, 0.15) is 6.10 Å². The van der Waals surface area contributed by atoms with Gasteiger partial charge in [-0.15, -0.1) is 0 Å². The molecule has 1 heterocycles. The van der Waals surface area contributed by atoms with Crippen LogP contribution in [0.3, 0.4) is 0 Å². The van der Waals surface area contributed by atoms with Crippen molar-refractivity contribution in [1.82, 2.24) is 0 Å². The molecule has 0 aromatic rings. The molecule has 2 atom stereocenters. The minimum Gasteiger partial charge on any atom is -0.379 e. The first-order valence-electron chi connectivity index (χ1n) is 5.56. The highest BCUT2D eigenvalue weighted by Gasteiger charge is 2.37. The normalized spacial score (nSPS) is 24.8. The van der Waals surface area contributed by atoms with Crippen molar-refractivity contribution < 1.29 is 22.8 Å². The Bertz CT molecular complexity index is 189. The van der Waals surface area contributed by atoms with E-state index in [9.17, 15) is 0 Å². The van der Waals surface area contributed by atoms with Gasteiger partial charge in [-0.1, -0.05) is 0 Å². The average molecular weight is 250 g/mol. The molecule has 0 aliphatic carbocycles. The van der Waals surface area contributed by atoms with Crippen molar-refractivity contribution >= 4 is 8.80 Å². The standard InChI is InChI=1S/C10H22O5Si/c1-9-10(15-9)8-14-6-5-7-16(11-2,12-3)13-4/h9-10H,5-8H2,1-4H3. The van der Waals surface area contributed by atoms with E-state index < -0.39 is 8.80 Å². The molecule has 0 radical (unpaired) electrons. The highest BCUT2D eigenvalue weighted by Crippen LogP contribution is 2.21. The lowest BCUT2D eigenvalue weighted by molar-refractivity contribution is 0.100. The molecule has 0 N–H and O–H groups in total. The summed E-state index contributed by atoms with van der Waals surface area (Å²) in [6.07, 6.45) is 1.54. The van der Waals surface area contributed by atoms with Crippen molar-refractivity contribution in [2.75, 3.05) is 34.5 Å². The van der Waals surface area contributed by atoms with Crippen LogP contribution in [0.25, 0.3) is 0 Å². The molecule has 1 aliphatic rings. The number of hydrogen-bond donors (Lipinski definition) is 0. The molecule has 1 rings (SSSR count). The molecule has 0 amide bonds. The maximum atomic E-state index is 5.49. The molecule has 1 fully saturated rings. The average Bonchev–Trinajstić information content (AvgIpc) is 3.01. The SMILES string of the molecule is CO[Si](CCCOCC1OC1C)(OC)OC. The summed E-state index contributed by atoms with van der Waals surface area (Å²) in [5.41, 5.74) is 0. The van der Waals surface area contributed by atoms with Crippen molar-refractivity contribution in [2.24, 2.45) is 0 Å². The van der Waals surface area contributed by atoms with Gasteiger partial charge in [0.05, 0.1) is 12.7 Å². The second-order valence-electron chi connectivity index (χ2n) is 3.85. The van der Waals surface area contributed by atoms with Crippen LogP contribution in [-0.4, -0.2) is 55.6 Å². The number of rotatable bonds is 9. The molecule has 0 saturated carbocycles. The summed E-state index contributed by atoms with van der Waals surface area (Å²) in [4.78, 5) is 0. The van der Waals surface area contributed by atoms with Crippen LogP contribution in [0.1, 0.15) is 13.3 Å². The minimum atomic E-state index is -2.40. The summed E-state index contributed by atoms with van der Waals surface area (Å²) in [6, 6.07) is 0.775. The van der Waals surface area contributed by atoms with Crippen LogP contribution in [0, 0.1) is 0 Å². The van der Waals surface area contributed by atoms with Gasteiger partial charge in [-0.25, -0.2) is 0 Å². The summed E-state index contributed by atoms with van der Waals surface area (Å²) < 4.78 is 26.6. The van der Waals surface area contributed by atoms with E-state index in [1.54, 1.807) is 21.3 Å². The molecule has 0 spiro atoms. The third-order valence-corrected chi connectivity index (χ3v) is 5.66. The second kappa shape index (κ2) is 6.68. The molecule has 1 aliphatic heterocycles. The molecule has 2 unspecified atom stereocenters. The van der Waals surface area contributed by atoms with Crippen LogP contribution >= 0.6 is 0 Å². The highest BCUT2D eigenvalue weighted by atomic mass is 28.4. The fourth-order valence-electron chi connectivity index (χ4n) is 1.55. The van der Waals surface area contributed by atoms with E-state index >= 15 is 0 Å². The monoisotopic (exact) mass is 250 g/mol. The summed E-state index contributed by atoms with van der Waals surface area (Å²) in [5.74, 6) is 0. The number of epoxide rings is 1. The largest absolute Gasteiger partial charge is 0.500 e. The van der Waals surface area contributed by atoms with Gasteiger partial charge < -0.3 is 22.8 Å².